The van der Waals surface area contributed by atoms with Crippen LogP contribution in [0.25, 0.3) is 0 Å². The van der Waals surface area contributed by atoms with E-state index in [1.54, 1.807) is 6.07 Å². The summed E-state index contributed by atoms with van der Waals surface area (Å²) < 4.78 is 0. The maximum absolute atomic E-state index is 12.3. The molecule has 7 nitrogen and oxygen atoms in total. The van der Waals surface area contributed by atoms with Crippen molar-refractivity contribution in [2.24, 2.45) is 0 Å². The van der Waals surface area contributed by atoms with E-state index in [1.165, 1.54) is 18.3 Å². The van der Waals surface area contributed by atoms with E-state index in [0.717, 1.165) is 22.9 Å². The van der Waals surface area contributed by atoms with Crippen molar-refractivity contribution in [2.45, 2.75) is 13.8 Å². The van der Waals surface area contributed by atoms with Crippen LogP contribution in [0.3, 0.4) is 0 Å². The standard InChI is InChI=1S/C18H15ClN4O3/c1-11-4-3-5-12(2)17(11)21-10-13(9-20)18(24)22-14-6-7-15(19)16(8-14)23(25)26/h3-8,10,21H,1-2H3,(H,22,24)/b13-10-. The van der Waals surface area contributed by atoms with Crippen molar-refractivity contribution in [1.82, 2.24) is 0 Å². The zero-order chi connectivity index (χ0) is 19.3. The molecular formula is C18H15ClN4O3. The minimum atomic E-state index is -0.692. The Morgan fingerprint density at radius 3 is 2.50 bits per heavy atom. The molecule has 0 spiro atoms. The van der Waals surface area contributed by atoms with Gasteiger partial charge in [-0.2, -0.15) is 5.26 Å². The molecule has 0 aliphatic rings. The molecule has 0 bridgehead atoms. The van der Waals surface area contributed by atoms with Gasteiger partial charge in [0.05, 0.1) is 4.92 Å². The monoisotopic (exact) mass is 370 g/mol. The second kappa shape index (κ2) is 8.14. The average Bonchev–Trinajstić information content (AvgIpc) is 2.59. The summed E-state index contributed by atoms with van der Waals surface area (Å²) in [5.41, 5.74) is 2.39. The van der Waals surface area contributed by atoms with E-state index in [1.807, 2.05) is 32.0 Å². The van der Waals surface area contributed by atoms with Crippen molar-refractivity contribution in [3.05, 3.63) is 74.4 Å². The molecule has 132 valence electrons. The lowest BCUT2D eigenvalue weighted by Crippen LogP contribution is -2.15. The molecule has 0 aliphatic heterocycles. The Kier molecular flexibility index (Phi) is 5.94. The molecule has 2 N–H and O–H groups in total. The van der Waals surface area contributed by atoms with E-state index >= 15 is 0 Å². The number of halogens is 1. The Morgan fingerprint density at radius 2 is 1.92 bits per heavy atom. The molecule has 0 saturated carbocycles. The van der Waals surface area contributed by atoms with Gasteiger partial charge in [-0.25, -0.2) is 0 Å². The second-order valence-corrected chi connectivity index (χ2v) is 5.87. The quantitative estimate of drug-likeness (QED) is 0.352. The minimum Gasteiger partial charge on any atom is -0.360 e. The van der Waals surface area contributed by atoms with E-state index in [0.29, 0.717) is 0 Å². The van der Waals surface area contributed by atoms with E-state index < -0.39 is 10.8 Å². The lowest BCUT2D eigenvalue weighted by Gasteiger charge is -2.10. The van der Waals surface area contributed by atoms with Crippen LogP contribution >= 0.6 is 11.6 Å². The number of amides is 1. The Hall–Kier alpha value is -3.37. The number of para-hydroxylation sites is 1. The van der Waals surface area contributed by atoms with Crippen molar-refractivity contribution in [2.75, 3.05) is 10.6 Å². The van der Waals surface area contributed by atoms with E-state index in [4.69, 9.17) is 11.6 Å². The maximum Gasteiger partial charge on any atom is 0.289 e. The predicted octanol–water partition coefficient (Wildman–Crippen LogP) is 4.32. The Morgan fingerprint density at radius 1 is 1.27 bits per heavy atom. The van der Waals surface area contributed by atoms with Crippen molar-refractivity contribution in [3.63, 3.8) is 0 Å². The highest BCUT2D eigenvalue weighted by molar-refractivity contribution is 6.32. The number of nitro groups is 1. The summed E-state index contributed by atoms with van der Waals surface area (Å²) in [5.74, 6) is -0.692. The van der Waals surface area contributed by atoms with Gasteiger partial charge in [-0.05, 0) is 37.1 Å². The fourth-order valence-corrected chi connectivity index (χ4v) is 2.45. The SMILES string of the molecule is Cc1cccc(C)c1N/C=C(/C#N)C(=O)Nc1ccc(Cl)c([N+](=O)[O-])c1. The molecule has 2 aromatic rings. The molecule has 0 saturated heterocycles. The van der Waals surface area contributed by atoms with Gasteiger partial charge < -0.3 is 10.6 Å². The van der Waals surface area contributed by atoms with E-state index in [-0.39, 0.29) is 22.0 Å². The zero-order valence-electron chi connectivity index (χ0n) is 14.0. The van der Waals surface area contributed by atoms with E-state index in [9.17, 15) is 20.2 Å². The molecule has 0 aromatic heterocycles. The molecule has 2 aromatic carbocycles. The smallest absolute Gasteiger partial charge is 0.289 e. The Balaban J connectivity index is 2.20. The average molecular weight is 371 g/mol. The van der Waals surface area contributed by atoms with Crippen LogP contribution in [0, 0.1) is 35.3 Å². The van der Waals surface area contributed by atoms with Gasteiger partial charge in [0.1, 0.15) is 16.7 Å². The van der Waals surface area contributed by atoms with Crippen molar-refractivity contribution in [1.29, 1.82) is 5.26 Å². The molecule has 0 atom stereocenters. The van der Waals surface area contributed by atoms with Crippen molar-refractivity contribution in [3.8, 4) is 6.07 Å². The topological polar surface area (TPSA) is 108 Å². The lowest BCUT2D eigenvalue weighted by atomic mass is 10.1. The molecular weight excluding hydrogens is 356 g/mol. The van der Waals surface area contributed by atoms with Gasteiger partial charge in [0.15, 0.2) is 0 Å². The summed E-state index contributed by atoms with van der Waals surface area (Å²) in [4.78, 5) is 22.5. The van der Waals surface area contributed by atoms with Gasteiger partial charge >= 0.3 is 0 Å². The maximum atomic E-state index is 12.3. The van der Waals surface area contributed by atoms with Gasteiger partial charge in [0, 0.05) is 23.6 Å². The third-order valence-electron chi connectivity index (χ3n) is 3.61. The summed E-state index contributed by atoms with van der Waals surface area (Å²) in [6.07, 6.45) is 1.30. The van der Waals surface area contributed by atoms with E-state index in [2.05, 4.69) is 10.6 Å². The Bertz CT molecular complexity index is 928. The molecule has 8 heteroatoms. The van der Waals surface area contributed by atoms with Crippen molar-refractivity contribution >= 4 is 34.6 Å². The van der Waals surface area contributed by atoms with Crippen molar-refractivity contribution < 1.29 is 9.72 Å². The molecule has 26 heavy (non-hydrogen) atoms. The number of nitrogens with one attached hydrogen (secondary N) is 2. The summed E-state index contributed by atoms with van der Waals surface area (Å²) in [5, 5.41) is 25.5. The summed E-state index contributed by atoms with van der Waals surface area (Å²) in [7, 11) is 0. The number of rotatable bonds is 5. The first kappa shape index (κ1) is 19.0. The molecule has 0 aliphatic carbocycles. The number of aryl methyl sites for hydroxylation is 2. The third kappa shape index (κ3) is 4.37. The number of hydrogen-bond acceptors (Lipinski definition) is 5. The second-order valence-electron chi connectivity index (χ2n) is 5.46. The highest BCUT2D eigenvalue weighted by Gasteiger charge is 2.15. The van der Waals surface area contributed by atoms with Crippen LogP contribution in [0.4, 0.5) is 17.1 Å². The van der Waals surface area contributed by atoms with Crippen LogP contribution in [0.2, 0.25) is 5.02 Å². The fourth-order valence-electron chi connectivity index (χ4n) is 2.26. The molecule has 2 rings (SSSR count). The lowest BCUT2D eigenvalue weighted by molar-refractivity contribution is -0.384. The summed E-state index contributed by atoms with van der Waals surface area (Å²) >= 11 is 5.74. The van der Waals surface area contributed by atoms with Crippen LogP contribution in [-0.4, -0.2) is 10.8 Å². The van der Waals surface area contributed by atoms with Crippen LogP contribution in [0.15, 0.2) is 48.2 Å². The van der Waals surface area contributed by atoms with Crippen LogP contribution in [-0.2, 0) is 4.79 Å². The number of carbonyl (C=O) groups is 1. The Labute approximate surface area is 155 Å². The number of benzene rings is 2. The summed E-state index contributed by atoms with van der Waals surface area (Å²) in [6.45, 7) is 3.81. The minimum absolute atomic E-state index is 0.0410. The molecule has 0 unspecified atom stereocenters. The fraction of sp³-hybridized carbons (Fsp3) is 0.111. The largest absolute Gasteiger partial charge is 0.360 e. The number of anilines is 2. The van der Waals surface area contributed by atoms with Gasteiger partial charge in [0.2, 0.25) is 0 Å². The number of nitro benzene ring substituents is 1. The number of hydrogen-bond donors (Lipinski definition) is 2. The molecule has 0 fully saturated rings. The summed E-state index contributed by atoms with van der Waals surface area (Å²) in [6, 6.07) is 11.4. The predicted molar refractivity (Wildman–Crippen MR) is 100.0 cm³/mol. The zero-order valence-corrected chi connectivity index (χ0v) is 14.8. The number of nitriles is 1. The third-order valence-corrected chi connectivity index (χ3v) is 3.93. The first-order valence-electron chi connectivity index (χ1n) is 7.51. The molecule has 0 heterocycles. The number of carbonyl (C=O) groups excluding carboxylic acids is 1. The molecule has 0 radical (unpaired) electrons. The first-order valence-corrected chi connectivity index (χ1v) is 7.89. The normalized spacial score (nSPS) is 10.8. The van der Waals surface area contributed by atoms with Crippen LogP contribution in [0.5, 0.6) is 0 Å². The molecule has 1 amide bonds. The van der Waals surface area contributed by atoms with Gasteiger partial charge in [-0.1, -0.05) is 29.8 Å². The number of nitrogens with zero attached hydrogens (tertiary/aromatic N) is 2. The van der Waals surface area contributed by atoms with Gasteiger partial charge in [0.25, 0.3) is 11.6 Å². The van der Waals surface area contributed by atoms with Crippen LogP contribution < -0.4 is 10.6 Å². The highest BCUT2D eigenvalue weighted by Crippen LogP contribution is 2.27. The van der Waals surface area contributed by atoms with Gasteiger partial charge in [-0.3, -0.25) is 14.9 Å². The first-order chi connectivity index (χ1) is 12.3. The van der Waals surface area contributed by atoms with Crippen LogP contribution in [0.1, 0.15) is 11.1 Å². The van der Waals surface area contributed by atoms with Gasteiger partial charge in [-0.15, -0.1) is 0 Å². The highest BCUT2D eigenvalue weighted by atomic mass is 35.5.